The zero-order valence-corrected chi connectivity index (χ0v) is 13.6. The molecule has 1 saturated carbocycles. The molecule has 4 atom stereocenters. The maximum Gasteiger partial charge on any atom is 0.310 e. The summed E-state index contributed by atoms with van der Waals surface area (Å²) in [5.74, 6) is -0.630. The minimum atomic E-state index is -3.51. The molecule has 0 aromatic rings. The molecule has 21 heavy (non-hydrogen) atoms. The van der Waals surface area contributed by atoms with E-state index in [-0.39, 0.29) is 6.04 Å². The third kappa shape index (κ3) is 3.96. The molecule has 2 N–H and O–H groups in total. The van der Waals surface area contributed by atoms with Crippen molar-refractivity contribution in [1.29, 1.82) is 0 Å². The Bertz CT molecular complexity index is 466. The number of piperidine rings is 1. The lowest BCUT2D eigenvalue weighted by atomic mass is 9.89. The van der Waals surface area contributed by atoms with E-state index < -0.39 is 27.2 Å². The zero-order valence-electron chi connectivity index (χ0n) is 12.8. The van der Waals surface area contributed by atoms with Crippen LogP contribution >= 0.6 is 0 Å². The number of esters is 1. The summed E-state index contributed by atoms with van der Waals surface area (Å²) >= 11 is 0. The number of hydrogen-bond donors (Lipinski definition) is 2. The van der Waals surface area contributed by atoms with Crippen LogP contribution in [-0.2, 0) is 19.6 Å². The first kappa shape index (κ1) is 16.7. The van der Waals surface area contributed by atoms with Crippen molar-refractivity contribution in [3.05, 3.63) is 0 Å². The Morgan fingerprint density at radius 2 is 1.95 bits per heavy atom. The Kier molecular flexibility index (Phi) is 5.62. The molecule has 0 amide bonds. The van der Waals surface area contributed by atoms with E-state index in [1.165, 1.54) is 7.11 Å². The summed E-state index contributed by atoms with van der Waals surface area (Å²) in [6.45, 7) is 3.64. The van der Waals surface area contributed by atoms with E-state index in [0.717, 1.165) is 25.8 Å². The van der Waals surface area contributed by atoms with E-state index in [9.17, 15) is 13.2 Å². The van der Waals surface area contributed by atoms with E-state index in [1.807, 2.05) is 0 Å². The highest BCUT2D eigenvalue weighted by Crippen LogP contribution is 2.30. The van der Waals surface area contributed by atoms with Crippen LogP contribution in [0.25, 0.3) is 0 Å². The second-order valence-electron chi connectivity index (χ2n) is 6.19. The molecule has 6 nitrogen and oxygen atoms in total. The summed E-state index contributed by atoms with van der Waals surface area (Å²) in [5, 5.41) is 2.56. The highest BCUT2D eigenvalue weighted by atomic mass is 32.2. The van der Waals surface area contributed by atoms with E-state index in [2.05, 4.69) is 17.0 Å². The Labute approximate surface area is 127 Å². The Morgan fingerprint density at radius 1 is 1.24 bits per heavy atom. The van der Waals surface area contributed by atoms with Gasteiger partial charge in [-0.05, 0) is 31.7 Å². The van der Waals surface area contributed by atoms with Gasteiger partial charge >= 0.3 is 5.97 Å². The van der Waals surface area contributed by atoms with Crippen LogP contribution in [0, 0.1) is 11.8 Å². The number of methoxy groups -OCH3 is 1. The molecule has 4 unspecified atom stereocenters. The topological polar surface area (TPSA) is 84.5 Å². The van der Waals surface area contributed by atoms with Crippen molar-refractivity contribution in [2.45, 2.75) is 50.3 Å². The van der Waals surface area contributed by atoms with Crippen molar-refractivity contribution < 1.29 is 17.9 Å². The van der Waals surface area contributed by atoms with Gasteiger partial charge in [0.2, 0.25) is 10.0 Å². The molecule has 0 spiro atoms. The molecule has 1 heterocycles. The first-order valence-electron chi connectivity index (χ1n) is 7.75. The van der Waals surface area contributed by atoms with Gasteiger partial charge in [-0.2, -0.15) is 0 Å². The van der Waals surface area contributed by atoms with Gasteiger partial charge in [0, 0.05) is 12.6 Å². The highest BCUT2D eigenvalue weighted by Gasteiger charge is 2.41. The molecule has 1 aliphatic carbocycles. The summed E-state index contributed by atoms with van der Waals surface area (Å²) in [5.41, 5.74) is 0. The monoisotopic (exact) mass is 318 g/mol. The molecule has 7 heteroatoms. The standard InChI is InChI=1S/C14H26N2O4S/c1-10-7-8-15-9-12(10)16-21(18,19)13-6-4-3-5-11(13)14(17)20-2/h10-13,15-16H,3-9H2,1-2H3. The summed E-state index contributed by atoms with van der Waals surface area (Å²) in [7, 11) is -2.19. The number of sulfonamides is 1. The van der Waals surface area contributed by atoms with Crippen molar-refractivity contribution in [1.82, 2.24) is 10.0 Å². The summed E-state index contributed by atoms with van der Waals surface area (Å²) in [6, 6.07) is -0.0935. The molecular weight excluding hydrogens is 292 g/mol. The fourth-order valence-electron chi connectivity index (χ4n) is 3.34. The Hall–Kier alpha value is -0.660. The van der Waals surface area contributed by atoms with E-state index in [0.29, 0.717) is 25.3 Å². The fourth-order valence-corrected chi connectivity index (χ4v) is 5.40. The molecule has 1 saturated heterocycles. The Balaban J connectivity index is 2.10. The lowest BCUT2D eigenvalue weighted by molar-refractivity contribution is -0.146. The van der Waals surface area contributed by atoms with Gasteiger partial charge in [0.05, 0.1) is 18.3 Å². The number of hydrogen-bond acceptors (Lipinski definition) is 5. The van der Waals surface area contributed by atoms with E-state index >= 15 is 0 Å². The normalized spacial score (nSPS) is 34.4. The van der Waals surface area contributed by atoms with Crippen molar-refractivity contribution in [2.75, 3.05) is 20.2 Å². The third-order valence-corrected chi connectivity index (χ3v) is 6.74. The van der Waals surface area contributed by atoms with Crippen molar-refractivity contribution in [2.24, 2.45) is 11.8 Å². The molecular formula is C14H26N2O4S. The molecule has 2 aliphatic rings. The predicted molar refractivity (Wildman–Crippen MR) is 80.3 cm³/mol. The second-order valence-corrected chi connectivity index (χ2v) is 8.12. The minimum absolute atomic E-state index is 0.0935. The molecule has 1 aliphatic heterocycles. The van der Waals surface area contributed by atoms with Crippen LogP contribution in [0.5, 0.6) is 0 Å². The van der Waals surface area contributed by atoms with Crippen LogP contribution in [0.15, 0.2) is 0 Å². The van der Waals surface area contributed by atoms with Crippen LogP contribution in [0.3, 0.4) is 0 Å². The molecule has 2 rings (SSSR count). The quantitative estimate of drug-likeness (QED) is 0.743. The van der Waals surface area contributed by atoms with E-state index in [1.54, 1.807) is 0 Å². The highest BCUT2D eigenvalue weighted by molar-refractivity contribution is 7.90. The van der Waals surface area contributed by atoms with Crippen molar-refractivity contribution >= 4 is 16.0 Å². The van der Waals surface area contributed by atoms with E-state index in [4.69, 9.17) is 4.74 Å². The largest absolute Gasteiger partial charge is 0.469 e. The molecule has 122 valence electrons. The van der Waals surface area contributed by atoms with Crippen LogP contribution in [-0.4, -0.2) is 45.9 Å². The molecule has 0 aromatic carbocycles. The predicted octanol–water partition coefficient (Wildman–Crippen LogP) is 0.636. The molecule has 0 aromatic heterocycles. The smallest absolute Gasteiger partial charge is 0.310 e. The number of carbonyl (C=O) groups excluding carboxylic acids is 1. The van der Waals surface area contributed by atoms with Crippen molar-refractivity contribution in [3.8, 4) is 0 Å². The first-order valence-corrected chi connectivity index (χ1v) is 9.30. The number of nitrogens with one attached hydrogen (secondary N) is 2. The lowest BCUT2D eigenvalue weighted by Gasteiger charge is -2.34. The molecule has 0 radical (unpaired) electrons. The van der Waals surface area contributed by atoms with Crippen molar-refractivity contribution in [3.63, 3.8) is 0 Å². The van der Waals surface area contributed by atoms with Crippen LogP contribution in [0.1, 0.15) is 39.0 Å². The molecule has 2 fully saturated rings. The van der Waals surface area contributed by atoms with Gasteiger partial charge in [-0.1, -0.05) is 19.8 Å². The van der Waals surface area contributed by atoms with Gasteiger partial charge in [0.15, 0.2) is 0 Å². The second kappa shape index (κ2) is 7.07. The van der Waals surface area contributed by atoms with Gasteiger partial charge in [0.1, 0.15) is 0 Å². The summed E-state index contributed by atoms with van der Waals surface area (Å²) in [6.07, 6.45) is 3.81. The Morgan fingerprint density at radius 3 is 2.62 bits per heavy atom. The number of rotatable bonds is 4. The number of ether oxygens (including phenoxy) is 1. The summed E-state index contributed by atoms with van der Waals surface area (Å²) < 4.78 is 33.0. The van der Waals surface area contributed by atoms with Gasteiger partial charge in [-0.15, -0.1) is 0 Å². The van der Waals surface area contributed by atoms with Crippen LogP contribution in [0.2, 0.25) is 0 Å². The van der Waals surface area contributed by atoms with Gasteiger partial charge in [0.25, 0.3) is 0 Å². The SMILES string of the molecule is COC(=O)C1CCCCC1S(=O)(=O)NC1CNCCC1C. The van der Waals surface area contributed by atoms with Crippen LogP contribution in [0.4, 0.5) is 0 Å². The van der Waals surface area contributed by atoms with Crippen LogP contribution < -0.4 is 10.0 Å². The minimum Gasteiger partial charge on any atom is -0.469 e. The number of carbonyl (C=O) groups is 1. The maximum absolute atomic E-state index is 12.7. The molecule has 0 bridgehead atoms. The van der Waals surface area contributed by atoms with Gasteiger partial charge in [-0.3, -0.25) is 4.79 Å². The first-order chi connectivity index (χ1) is 9.95. The maximum atomic E-state index is 12.7. The summed E-state index contributed by atoms with van der Waals surface area (Å²) in [4.78, 5) is 11.9. The van der Waals surface area contributed by atoms with Gasteiger partial charge in [-0.25, -0.2) is 13.1 Å². The average molecular weight is 318 g/mol. The average Bonchev–Trinajstić information content (AvgIpc) is 2.48. The lowest BCUT2D eigenvalue weighted by Crippen LogP contribution is -2.54. The van der Waals surface area contributed by atoms with Gasteiger partial charge < -0.3 is 10.1 Å². The fraction of sp³-hybridized carbons (Fsp3) is 0.929. The zero-order chi connectivity index (χ0) is 15.5. The third-order valence-electron chi connectivity index (χ3n) is 4.75.